The molecule has 0 rings (SSSR count). The van der Waals surface area contributed by atoms with Crippen LogP contribution < -0.4 is 0 Å². The predicted octanol–water partition coefficient (Wildman–Crippen LogP) is 12.0. The van der Waals surface area contributed by atoms with Crippen molar-refractivity contribution < 1.29 is 24.2 Å². The molecular weight excluding hydrogens is 584 g/mol. The Morgan fingerprint density at radius 3 is 1.40 bits per heavy atom. The highest BCUT2D eigenvalue weighted by atomic mass is 16.6. The van der Waals surface area contributed by atoms with E-state index in [1.165, 1.54) is 70.6 Å². The molecule has 0 aliphatic heterocycles. The third-order valence-corrected chi connectivity index (χ3v) is 8.03. The van der Waals surface area contributed by atoms with E-state index in [1.54, 1.807) is 0 Å². The van der Waals surface area contributed by atoms with Crippen molar-refractivity contribution in [3.05, 3.63) is 60.8 Å². The van der Waals surface area contributed by atoms with Crippen molar-refractivity contribution in [2.75, 3.05) is 13.2 Å². The lowest BCUT2D eigenvalue weighted by molar-refractivity contribution is -0.161. The minimum absolute atomic E-state index is 0.0738. The Morgan fingerprint density at radius 1 is 0.511 bits per heavy atom. The number of esters is 2. The van der Waals surface area contributed by atoms with E-state index >= 15 is 0 Å². The Labute approximate surface area is 290 Å². The van der Waals surface area contributed by atoms with Gasteiger partial charge < -0.3 is 14.6 Å². The molecule has 0 bridgehead atoms. The van der Waals surface area contributed by atoms with Crippen LogP contribution in [-0.2, 0) is 19.1 Å². The summed E-state index contributed by atoms with van der Waals surface area (Å²) in [6.07, 6.45) is 48.6. The topological polar surface area (TPSA) is 72.8 Å². The molecule has 0 saturated heterocycles. The Hall–Kier alpha value is -2.40. The van der Waals surface area contributed by atoms with Gasteiger partial charge in [-0.15, -0.1) is 0 Å². The van der Waals surface area contributed by atoms with Crippen molar-refractivity contribution in [1.29, 1.82) is 0 Å². The first-order chi connectivity index (χ1) is 23.1. The third-order valence-electron chi connectivity index (χ3n) is 8.03. The summed E-state index contributed by atoms with van der Waals surface area (Å²) in [6.45, 7) is 3.94. The van der Waals surface area contributed by atoms with E-state index < -0.39 is 6.10 Å². The molecule has 5 heteroatoms. The van der Waals surface area contributed by atoms with E-state index in [0.717, 1.165) is 77.0 Å². The Balaban J connectivity index is 3.55. The minimum atomic E-state index is -0.777. The second-order valence-electron chi connectivity index (χ2n) is 12.6. The predicted molar refractivity (Wildman–Crippen MR) is 200 cm³/mol. The maximum Gasteiger partial charge on any atom is 0.306 e. The number of hydrogen-bond donors (Lipinski definition) is 1. The van der Waals surface area contributed by atoms with Gasteiger partial charge in [-0.05, 0) is 70.6 Å². The molecule has 5 nitrogen and oxygen atoms in total. The van der Waals surface area contributed by atoms with Crippen LogP contribution in [0.15, 0.2) is 60.8 Å². The lowest BCUT2D eigenvalue weighted by atomic mass is 10.0. The SMILES string of the molecule is CC/C=C\C/C=C\C/C=C\C/C=C\CCCCCCCCCCCCC(=O)OC(CO)COC(=O)CCCCCCC/C=C\CCC. The van der Waals surface area contributed by atoms with Crippen LogP contribution in [0.1, 0.15) is 174 Å². The smallest absolute Gasteiger partial charge is 0.306 e. The number of allylic oxidation sites excluding steroid dienone is 10. The summed E-state index contributed by atoms with van der Waals surface area (Å²) < 4.78 is 10.6. The van der Waals surface area contributed by atoms with Crippen LogP contribution in [0.3, 0.4) is 0 Å². The molecule has 1 N–H and O–H groups in total. The normalized spacial score (nSPS) is 12.8. The lowest BCUT2D eigenvalue weighted by Gasteiger charge is -2.15. The van der Waals surface area contributed by atoms with E-state index in [4.69, 9.17) is 9.47 Å². The molecule has 0 amide bonds. The summed E-state index contributed by atoms with van der Waals surface area (Å²) in [5.41, 5.74) is 0. The van der Waals surface area contributed by atoms with Gasteiger partial charge in [-0.3, -0.25) is 9.59 Å². The quantitative estimate of drug-likeness (QED) is 0.0424. The first-order valence-electron chi connectivity index (χ1n) is 19.3. The number of carbonyl (C=O) groups excluding carboxylic acids is 2. The Bertz CT molecular complexity index is 838. The van der Waals surface area contributed by atoms with Gasteiger partial charge in [0.1, 0.15) is 6.61 Å². The molecule has 47 heavy (non-hydrogen) atoms. The van der Waals surface area contributed by atoms with E-state index in [2.05, 4.69) is 74.6 Å². The molecule has 0 saturated carbocycles. The molecular formula is C42H72O5. The van der Waals surface area contributed by atoms with Gasteiger partial charge in [-0.2, -0.15) is 0 Å². The molecule has 270 valence electrons. The van der Waals surface area contributed by atoms with Crippen molar-refractivity contribution >= 4 is 11.9 Å². The summed E-state index contributed by atoms with van der Waals surface area (Å²) in [5.74, 6) is -0.612. The van der Waals surface area contributed by atoms with E-state index in [9.17, 15) is 14.7 Å². The lowest BCUT2D eigenvalue weighted by Crippen LogP contribution is -2.28. The van der Waals surface area contributed by atoms with Crippen LogP contribution in [0.2, 0.25) is 0 Å². The number of ether oxygens (including phenoxy) is 2. The number of aliphatic hydroxyl groups is 1. The zero-order chi connectivity index (χ0) is 34.3. The fraction of sp³-hybridized carbons (Fsp3) is 0.714. The number of aliphatic hydroxyl groups excluding tert-OH is 1. The average molecular weight is 657 g/mol. The highest BCUT2D eigenvalue weighted by Gasteiger charge is 2.16. The van der Waals surface area contributed by atoms with Crippen molar-refractivity contribution in [3.63, 3.8) is 0 Å². The van der Waals surface area contributed by atoms with Crippen molar-refractivity contribution in [1.82, 2.24) is 0 Å². The van der Waals surface area contributed by atoms with Gasteiger partial charge in [-0.1, -0.05) is 152 Å². The molecule has 0 heterocycles. The molecule has 1 atom stereocenters. The monoisotopic (exact) mass is 657 g/mol. The molecule has 0 radical (unpaired) electrons. The van der Waals surface area contributed by atoms with Gasteiger partial charge in [0.2, 0.25) is 0 Å². The van der Waals surface area contributed by atoms with Gasteiger partial charge in [0.25, 0.3) is 0 Å². The average Bonchev–Trinajstić information content (AvgIpc) is 3.07. The third kappa shape index (κ3) is 36.3. The number of carbonyl (C=O) groups is 2. The summed E-state index contributed by atoms with van der Waals surface area (Å²) in [7, 11) is 0. The molecule has 0 fully saturated rings. The van der Waals surface area contributed by atoms with Crippen molar-refractivity contribution in [2.24, 2.45) is 0 Å². The molecule has 0 aliphatic carbocycles. The fourth-order valence-corrected chi connectivity index (χ4v) is 5.13. The van der Waals surface area contributed by atoms with Gasteiger partial charge in [0, 0.05) is 12.8 Å². The standard InChI is InChI=1S/C42H72O5/c1-3-5-7-9-11-13-15-16-17-18-19-20-21-22-23-24-25-26-27-29-31-33-35-37-42(45)47-40(38-43)39-46-41(44)36-34-32-30-28-14-12-10-8-6-4-2/h5,7-8,10-11,13,16-17,19-20,40,43H,3-4,6,9,12,14-15,18,21-39H2,1-2H3/b7-5-,10-8-,13-11-,17-16-,20-19-. The second kappa shape index (κ2) is 38.1. The first-order valence-corrected chi connectivity index (χ1v) is 19.3. The molecule has 0 aromatic rings. The number of unbranched alkanes of at least 4 members (excludes halogenated alkanes) is 16. The highest BCUT2D eigenvalue weighted by molar-refractivity contribution is 5.70. The molecule has 0 aromatic heterocycles. The van der Waals surface area contributed by atoms with Crippen LogP contribution in [-0.4, -0.2) is 36.4 Å². The molecule has 1 unspecified atom stereocenters. The molecule has 0 spiro atoms. The van der Waals surface area contributed by atoms with Crippen LogP contribution in [0.25, 0.3) is 0 Å². The largest absolute Gasteiger partial charge is 0.462 e. The minimum Gasteiger partial charge on any atom is -0.462 e. The maximum atomic E-state index is 12.2. The van der Waals surface area contributed by atoms with Gasteiger partial charge >= 0.3 is 11.9 Å². The van der Waals surface area contributed by atoms with Crippen LogP contribution in [0, 0.1) is 0 Å². The van der Waals surface area contributed by atoms with Crippen LogP contribution in [0.4, 0.5) is 0 Å². The maximum absolute atomic E-state index is 12.2. The van der Waals surface area contributed by atoms with E-state index in [-0.39, 0.29) is 25.2 Å². The number of hydrogen-bond acceptors (Lipinski definition) is 5. The first kappa shape index (κ1) is 44.6. The second-order valence-corrected chi connectivity index (χ2v) is 12.6. The zero-order valence-electron chi connectivity index (χ0n) is 30.5. The summed E-state index contributed by atoms with van der Waals surface area (Å²) in [4.78, 5) is 24.2. The summed E-state index contributed by atoms with van der Waals surface area (Å²) in [6, 6.07) is 0. The van der Waals surface area contributed by atoms with Crippen LogP contribution in [0.5, 0.6) is 0 Å². The van der Waals surface area contributed by atoms with E-state index in [1.807, 2.05) is 0 Å². The van der Waals surface area contributed by atoms with Crippen molar-refractivity contribution in [2.45, 2.75) is 180 Å². The van der Waals surface area contributed by atoms with Crippen LogP contribution >= 0.6 is 0 Å². The highest BCUT2D eigenvalue weighted by Crippen LogP contribution is 2.13. The fourth-order valence-electron chi connectivity index (χ4n) is 5.13. The summed E-state index contributed by atoms with van der Waals surface area (Å²) in [5, 5.41) is 9.53. The van der Waals surface area contributed by atoms with Gasteiger partial charge in [0.15, 0.2) is 6.10 Å². The molecule has 0 aromatic carbocycles. The summed E-state index contributed by atoms with van der Waals surface area (Å²) >= 11 is 0. The van der Waals surface area contributed by atoms with Crippen molar-refractivity contribution in [3.8, 4) is 0 Å². The molecule has 0 aliphatic rings. The Kier molecular flexibility index (Phi) is 36.1. The Morgan fingerprint density at radius 2 is 0.915 bits per heavy atom. The zero-order valence-corrected chi connectivity index (χ0v) is 30.5. The van der Waals surface area contributed by atoms with E-state index in [0.29, 0.717) is 12.8 Å². The van der Waals surface area contributed by atoms with Gasteiger partial charge in [-0.25, -0.2) is 0 Å². The van der Waals surface area contributed by atoms with Gasteiger partial charge in [0.05, 0.1) is 6.61 Å². The number of rotatable bonds is 34.